The highest BCUT2D eigenvalue weighted by Gasteiger charge is 2.30. The number of rotatable bonds is 4. The first kappa shape index (κ1) is 16.0. The van der Waals surface area contributed by atoms with Crippen molar-refractivity contribution in [1.82, 2.24) is 14.2 Å². The van der Waals surface area contributed by atoms with Gasteiger partial charge in [-0.25, -0.2) is 12.8 Å². The predicted octanol–water partition coefficient (Wildman–Crippen LogP) is 1.73. The molecule has 0 radical (unpaired) electrons. The summed E-state index contributed by atoms with van der Waals surface area (Å²) < 4.78 is 40.2. The van der Waals surface area contributed by atoms with Crippen molar-refractivity contribution < 1.29 is 12.8 Å². The number of halogens is 1. The van der Waals surface area contributed by atoms with Gasteiger partial charge in [0.25, 0.3) is 0 Å². The highest BCUT2D eigenvalue weighted by molar-refractivity contribution is 7.89. The zero-order valence-corrected chi connectivity index (χ0v) is 13.4. The van der Waals surface area contributed by atoms with Crippen molar-refractivity contribution in [2.75, 3.05) is 26.2 Å². The van der Waals surface area contributed by atoms with Gasteiger partial charge in [-0.1, -0.05) is 18.2 Å². The molecule has 0 N–H and O–H groups in total. The lowest BCUT2D eigenvalue weighted by Crippen LogP contribution is -2.48. The first-order valence-electron chi connectivity index (χ1n) is 7.43. The Hall–Kier alpha value is -1.83. The van der Waals surface area contributed by atoms with E-state index in [1.165, 1.54) is 28.6 Å². The van der Waals surface area contributed by atoms with E-state index in [1.54, 1.807) is 6.20 Å². The van der Waals surface area contributed by atoms with Gasteiger partial charge in [0, 0.05) is 45.1 Å². The zero-order chi connectivity index (χ0) is 16.3. The third-order valence-electron chi connectivity index (χ3n) is 3.91. The van der Waals surface area contributed by atoms with Gasteiger partial charge >= 0.3 is 0 Å². The summed E-state index contributed by atoms with van der Waals surface area (Å²) in [5, 5.41) is 0. The maximum Gasteiger partial charge on any atom is 0.246 e. The van der Waals surface area contributed by atoms with Crippen molar-refractivity contribution in [2.45, 2.75) is 11.4 Å². The van der Waals surface area contributed by atoms with Crippen LogP contribution in [0.3, 0.4) is 0 Å². The average molecular weight is 335 g/mol. The molecule has 2 aromatic rings. The topological polar surface area (TPSA) is 53.5 Å². The molecule has 122 valence electrons. The van der Waals surface area contributed by atoms with Crippen LogP contribution in [-0.4, -0.2) is 48.8 Å². The average Bonchev–Trinajstić information content (AvgIpc) is 2.56. The van der Waals surface area contributed by atoms with E-state index in [9.17, 15) is 12.8 Å². The van der Waals surface area contributed by atoms with Crippen LogP contribution < -0.4 is 0 Å². The number of benzene rings is 1. The molecule has 23 heavy (non-hydrogen) atoms. The second-order valence-corrected chi connectivity index (χ2v) is 7.38. The van der Waals surface area contributed by atoms with E-state index in [2.05, 4.69) is 9.88 Å². The van der Waals surface area contributed by atoms with E-state index < -0.39 is 15.8 Å². The maximum absolute atomic E-state index is 13.8. The van der Waals surface area contributed by atoms with E-state index >= 15 is 0 Å². The van der Waals surface area contributed by atoms with Gasteiger partial charge in [0.05, 0.1) is 0 Å². The Morgan fingerprint density at radius 1 is 1.04 bits per heavy atom. The lowest BCUT2D eigenvalue weighted by atomic mass is 10.2. The molecule has 3 rings (SSSR count). The van der Waals surface area contributed by atoms with Crippen LogP contribution in [0.5, 0.6) is 0 Å². The molecule has 0 unspecified atom stereocenters. The molecular formula is C16H18FN3O2S. The fourth-order valence-electron chi connectivity index (χ4n) is 2.67. The largest absolute Gasteiger partial charge is 0.296 e. The number of pyridine rings is 1. The highest BCUT2D eigenvalue weighted by Crippen LogP contribution is 2.20. The molecule has 1 aliphatic heterocycles. The number of hydrogen-bond acceptors (Lipinski definition) is 4. The fourth-order valence-corrected chi connectivity index (χ4v) is 4.16. The van der Waals surface area contributed by atoms with Gasteiger partial charge in [0.15, 0.2) is 0 Å². The van der Waals surface area contributed by atoms with Crippen molar-refractivity contribution in [3.05, 3.63) is 60.2 Å². The first-order valence-corrected chi connectivity index (χ1v) is 8.87. The molecule has 0 aliphatic carbocycles. The number of sulfonamides is 1. The Morgan fingerprint density at radius 2 is 1.78 bits per heavy atom. The molecule has 2 heterocycles. The molecule has 1 fully saturated rings. The predicted molar refractivity (Wildman–Crippen MR) is 84.7 cm³/mol. The van der Waals surface area contributed by atoms with Gasteiger partial charge in [-0.3, -0.25) is 9.88 Å². The third kappa shape index (κ3) is 3.57. The maximum atomic E-state index is 13.8. The second kappa shape index (κ2) is 6.74. The molecule has 0 saturated carbocycles. The molecule has 1 aromatic carbocycles. The van der Waals surface area contributed by atoms with E-state index in [4.69, 9.17) is 0 Å². The van der Waals surface area contributed by atoms with Crippen molar-refractivity contribution >= 4 is 10.0 Å². The van der Waals surface area contributed by atoms with Crippen LogP contribution >= 0.6 is 0 Å². The van der Waals surface area contributed by atoms with E-state index in [0.717, 1.165) is 12.1 Å². The summed E-state index contributed by atoms with van der Waals surface area (Å²) in [5.74, 6) is -0.703. The number of nitrogens with zero attached hydrogens (tertiary/aromatic N) is 3. The van der Waals surface area contributed by atoms with Crippen molar-refractivity contribution in [3.63, 3.8) is 0 Å². The van der Waals surface area contributed by atoms with E-state index in [1.807, 2.05) is 18.3 Å². The Balaban J connectivity index is 1.66. The minimum atomic E-state index is -3.77. The van der Waals surface area contributed by atoms with Crippen LogP contribution in [0.25, 0.3) is 0 Å². The van der Waals surface area contributed by atoms with Gasteiger partial charge < -0.3 is 0 Å². The molecular weight excluding hydrogens is 317 g/mol. The number of piperazine rings is 1. The van der Waals surface area contributed by atoms with Crippen LogP contribution in [0.4, 0.5) is 4.39 Å². The molecule has 0 spiro atoms. The summed E-state index contributed by atoms with van der Waals surface area (Å²) in [7, 11) is -3.77. The minimum Gasteiger partial charge on any atom is -0.296 e. The van der Waals surface area contributed by atoms with Crippen molar-refractivity contribution in [1.29, 1.82) is 0 Å². The molecule has 1 aliphatic rings. The molecule has 0 atom stereocenters. The summed E-state index contributed by atoms with van der Waals surface area (Å²) in [4.78, 5) is 6.00. The summed E-state index contributed by atoms with van der Waals surface area (Å²) in [5.41, 5.74) is 1.10. The van der Waals surface area contributed by atoms with E-state index in [0.29, 0.717) is 26.2 Å². The normalized spacial score (nSPS) is 17.3. The third-order valence-corrected chi connectivity index (χ3v) is 5.85. The molecule has 1 saturated heterocycles. The lowest BCUT2D eigenvalue weighted by molar-refractivity contribution is 0.181. The molecule has 5 nitrogen and oxygen atoms in total. The fraction of sp³-hybridized carbons (Fsp3) is 0.312. The van der Waals surface area contributed by atoms with Crippen molar-refractivity contribution in [2.24, 2.45) is 0 Å². The summed E-state index contributed by atoms with van der Waals surface area (Å²) in [6.07, 6.45) is 3.53. The van der Waals surface area contributed by atoms with Gasteiger partial charge in [-0.05, 0) is 23.8 Å². The zero-order valence-electron chi connectivity index (χ0n) is 12.6. The van der Waals surface area contributed by atoms with Gasteiger partial charge in [0.2, 0.25) is 10.0 Å². The van der Waals surface area contributed by atoms with Crippen LogP contribution in [0, 0.1) is 5.82 Å². The first-order chi connectivity index (χ1) is 11.1. The minimum absolute atomic E-state index is 0.249. The van der Waals surface area contributed by atoms with Gasteiger partial charge in [-0.2, -0.15) is 4.31 Å². The second-order valence-electron chi connectivity index (χ2n) is 5.47. The van der Waals surface area contributed by atoms with Gasteiger partial charge in [0.1, 0.15) is 10.7 Å². The van der Waals surface area contributed by atoms with Crippen LogP contribution in [0.2, 0.25) is 0 Å². The monoisotopic (exact) mass is 335 g/mol. The Kier molecular flexibility index (Phi) is 4.70. The van der Waals surface area contributed by atoms with E-state index in [-0.39, 0.29) is 4.90 Å². The van der Waals surface area contributed by atoms with Crippen LogP contribution in [-0.2, 0) is 16.6 Å². The summed E-state index contributed by atoms with van der Waals surface area (Å²) in [6, 6.07) is 9.39. The molecule has 7 heteroatoms. The summed E-state index contributed by atoms with van der Waals surface area (Å²) in [6.45, 7) is 2.68. The quantitative estimate of drug-likeness (QED) is 0.854. The molecule has 0 bridgehead atoms. The summed E-state index contributed by atoms with van der Waals surface area (Å²) >= 11 is 0. The SMILES string of the molecule is O=S(=O)(c1ccccc1F)N1CCN(Cc2cccnc2)CC1. The Bertz CT molecular complexity index is 760. The Morgan fingerprint density at radius 3 is 2.43 bits per heavy atom. The number of aromatic nitrogens is 1. The molecule has 0 amide bonds. The van der Waals surface area contributed by atoms with Gasteiger partial charge in [-0.15, -0.1) is 0 Å². The highest BCUT2D eigenvalue weighted by atomic mass is 32.2. The Labute approximate surface area is 135 Å². The van der Waals surface area contributed by atoms with Crippen LogP contribution in [0.15, 0.2) is 53.7 Å². The number of hydrogen-bond donors (Lipinski definition) is 0. The van der Waals surface area contributed by atoms with Crippen LogP contribution in [0.1, 0.15) is 5.56 Å². The standard InChI is InChI=1S/C16H18FN3O2S/c17-15-5-1-2-6-16(15)23(21,22)20-10-8-19(9-11-20)13-14-4-3-7-18-12-14/h1-7,12H,8-11,13H2. The smallest absolute Gasteiger partial charge is 0.246 e. The molecule has 1 aromatic heterocycles. The van der Waals surface area contributed by atoms with Crippen molar-refractivity contribution in [3.8, 4) is 0 Å². The lowest BCUT2D eigenvalue weighted by Gasteiger charge is -2.33.